The molecule has 0 aliphatic rings. The Hall–Kier alpha value is -2.58. The Balaban J connectivity index is 1.84. The van der Waals surface area contributed by atoms with Gasteiger partial charge < -0.3 is 4.57 Å². The predicted molar refractivity (Wildman–Crippen MR) is 125 cm³/mol. The van der Waals surface area contributed by atoms with Crippen molar-refractivity contribution in [2.75, 3.05) is 5.75 Å². The SMILES string of the molecule is Cc1nn(C)c(-n2ccc3cc(Cl)ccc32)c1/C=C/C(=O)NS(=O)(=O)CCCC(C)C. The summed E-state index contributed by atoms with van der Waals surface area (Å²) in [4.78, 5) is 12.3. The van der Waals surface area contributed by atoms with Gasteiger partial charge in [-0.3, -0.25) is 9.48 Å². The van der Waals surface area contributed by atoms with E-state index in [1.807, 2.05) is 62.8 Å². The van der Waals surface area contributed by atoms with Gasteiger partial charge in [0.05, 0.1) is 17.0 Å². The zero-order valence-electron chi connectivity index (χ0n) is 18.1. The lowest BCUT2D eigenvalue weighted by Gasteiger charge is -2.08. The van der Waals surface area contributed by atoms with Crippen molar-refractivity contribution in [2.45, 2.75) is 33.6 Å². The Morgan fingerprint density at radius 3 is 2.74 bits per heavy atom. The molecule has 2 heterocycles. The fourth-order valence-corrected chi connectivity index (χ4v) is 4.72. The highest BCUT2D eigenvalue weighted by molar-refractivity contribution is 7.90. The zero-order chi connectivity index (χ0) is 22.8. The van der Waals surface area contributed by atoms with E-state index in [4.69, 9.17) is 11.6 Å². The number of aryl methyl sites for hydroxylation is 2. The van der Waals surface area contributed by atoms with Gasteiger partial charge in [-0.2, -0.15) is 5.10 Å². The molecule has 0 saturated carbocycles. The van der Waals surface area contributed by atoms with Crippen molar-refractivity contribution >= 4 is 44.5 Å². The summed E-state index contributed by atoms with van der Waals surface area (Å²) in [7, 11) is -1.84. The van der Waals surface area contributed by atoms with Crippen molar-refractivity contribution in [2.24, 2.45) is 13.0 Å². The fourth-order valence-electron chi connectivity index (χ4n) is 3.52. The standard InChI is InChI=1S/C22H27ClN4O3S/c1-15(2)6-5-13-31(29,30)25-21(28)10-8-19-16(3)24-26(4)22(19)27-12-11-17-14-18(23)7-9-20(17)27/h7-12,14-15H,5-6,13H2,1-4H3,(H,25,28)/b10-8+. The van der Waals surface area contributed by atoms with Crippen LogP contribution >= 0.6 is 11.6 Å². The van der Waals surface area contributed by atoms with E-state index >= 15 is 0 Å². The molecule has 7 nitrogen and oxygen atoms in total. The summed E-state index contributed by atoms with van der Waals surface area (Å²) in [5, 5.41) is 6.10. The molecule has 0 spiro atoms. The molecule has 0 bridgehead atoms. The fraction of sp³-hybridized carbons (Fsp3) is 0.364. The molecule has 3 aromatic rings. The van der Waals surface area contributed by atoms with E-state index in [0.29, 0.717) is 17.4 Å². The molecule has 2 aromatic heterocycles. The third-order valence-electron chi connectivity index (χ3n) is 4.97. The van der Waals surface area contributed by atoms with Crippen molar-refractivity contribution < 1.29 is 13.2 Å². The number of fused-ring (bicyclic) bond motifs is 1. The number of benzene rings is 1. The molecule has 0 aliphatic heterocycles. The van der Waals surface area contributed by atoms with Crippen LogP contribution in [-0.4, -0.2) is 34.4 Å². The number of hydrogen-bond acceptors (Lipinski definition) is 4. The van der Waals surface area contributed by atoms with Gasteiger partial charge in [-0.1, -0.05) is 25.4 Å². The molecule has 1 amide bonds. The number of hydrogen-bond donors (Lipinski definition) is 1. The average molecular weight is 463 g/mol. The van der Waals surface area contributed by atoms with Gasteiger partial charge in [0.15, 0.2) is 0 Å². The van der Waals surface area contributed by atoms with Crippen molar-refractivity contribution in [3.8, 4) is 5.82 Å². The molecule has 31 heavy (non-hydrogen) atoms. The van der Waals surface area contributed by atoms with Gasteiger partial charge >= 0.3 is 0 Å². The third kappa shape index (κ3) is 5.57. The molecule has 166 valence electrons. The topological polar surface area (TPSA) is 86.0 Å². The number of amides is 1. The summed E-state index contributed by atoms with van der Waals surface area (Å²) in [6.07, 6.45) is 6.04. The molecule has 3 rings (SSSR count). The molecule has 0 radical (unpaired) electrons. The number of nitrogens with zero attached hydrogens (tertiary/aromatic N) is 3. The van der Waals surface area contributed by atoms with E-state index in [1.165, 1.54) is 6.08 Å². The molecule has 0 saturated heterocycles. The number of rotatable bonds is 8. The van der Waals surface area contributed by atoms with Gasteiger partial charge in [0.1, 0.15) is 5.82 Å². The summed E-state index contributed by atoms with van der Waals surface area (Å²) in [6.45, 7) is 5.90. The maximum Gasteiger partial charge on any atom is 0.257 e. The Morgan fingerprint density at radius 1 is 1.29 bits per heavy atom. The summed E-state index contributed by atoms with van der Waals surface area (Å²) >= 11 is 6.09. The van der Waals surface area contributed by atoms with Crippen LogP contribution in [0.3, 0.4) is 0 Å². The molecule has 0 aliphatic carbocycles. The number of nitrogens with one attached hydrogen (secondary N) is 1. The van der Waals surface area contributed by atoms with Crippen molar-refractivity contribution in [1.82, 2.24) is 19.1 Å². The highest BCUT2D eigenvalue weighted by Gasteiger charge is 2.17. The molecule has 0 atom stereocenters. The van der Waals surface area contributed by atoms with Gasteiger partial charge in [0.25, 0.3) is 5.91 Å². The van der Waals surface area contributed by atoms with Crippen LogP contribution in [0, 0.1) is 12.8 Å². The summed E-state index contributed by atoms with van der Waals surface area (Å²) in [6, 6.07) is 7.57. The summed E-state index contributed by atoms with van der Waals surface area (Å²) < 4.78 is 30.1. The van der Waals surface area contributed by atoms with Crippen LogP contribution in [-0.2, 0) is 21.9 Å². The second kappa shape index (κ2) is 9.28. The van der Waals surface area contributed by atoms with Crippen LogP contribution in [0.1, 0.15) is 37.9 Å². The molecule has 1 N–H and O–H groups in total. The second-order valence-electron chi connectivity index (χ2n) is 7.99. The van der Waals surface area contributed by atoms with E-state index in [0.717, 1.165) is 34.4 Å². The summed E-state index contributed by atoms with van der Waals surface area (Å²) in [5.74, 6) is 0.431. The quantitative estimate of drug-likeness (QED) is 0.508. The number of sulfonamides is 1. The molecule has 9 heteroatoms. The van der Waals surface area contributed by atoms with Gasteiger partial charge in [-0.15, -0.1) is 0 Å². The third-order valence-corrected chi connectivity index (χ3v) is 6.54. The van der Waals surface area contributed by atoms with E-state index < -0.39 is 15.9 Å². The number of aromatic nitrogens is 3. The van der Waals surface area contributed by atoms with E-state index in [9.17, 15) is 13.2 Å². The Morgan fingerprint density at radius 2 is 2.03 bits per heavy atom. The molecule has 0 fully saturated rings. The lowest BCUT2D eigenvalue weighted by atomic mass is 10.1. The lowest BCUT2D eigenvalue weighted by molar-refractivity contribution is -0.114. The first-order valence-electron chi connectivity index (χ1n) is 10.1. The monoisotopic (exact) mass is 462 g/mol. The van der Waals surface area contributed by atoms with Crippen LogP contribution in [0.5, 0.6) is 0 Å². The minimum absolute atomic E-state index is 0.0696. The smallest absolute Gasteiger partial charge is 0.257 e. The molecular weight excluding hydrogens is 436 g/mol. The molecular formula is C22H27ClN4O3S. The van der Waals surface area contributed by atoms with E-state index in [2.05, 4.69) is 9.82 Å². The first-order valence-corrected chi connectivity index (χ1v) is 12.1. The van der Waals surface area contributed by atoms with Crippen LogP contribution < -0.4 is 4.72 Å². The Bertz CT molecular complexity index is 1240. The first-order chi connectivity index (χ1) is 14.6. The van der Waals surface area contributed by atoms with Crippen molar-refractivity contribution in [1.29, 1.82) is 0 Å². The minimum atomic E-state index is -3.66. The van der Waals surface area contributed by atoms with Crippen LogP contribution in [0.15, 0.2) is 36.5 Å². The van der Waals surface area contributed by atoms with Gasteiger partial charge in [-0.05, 0) is 56.0 Å². The second-order valence-corrected chi connectivity index (χ2v) is 10.3. The largest absolute Gasteiger partial charge is 0.301 e. The summed E-state index contributed by atoms with van der Waals surface area (Å²) in [5.41, 5.74) is 2.39. The molecule has 0 unspecified atom stereocenters. The van der Waals surface area contributed by atoms with Crippen LogP contribution in [0.2, 0.25) is 5.02 Å². The van der Waals surface area contributed by atoms with Crippen LogP contribution in [0.25, 0.3) is 22.8 Å². The molecule has 1 aromatic carbocycles. The zero-order valence-corrected chi connectivity index (χ0v) is 19.7. The van der Waals surface area contributed by atoms with Gasteiger partial charge in [0.2, 0.25) is 10.0 Å². The van der Waals surface area contributed by atoms with Crippen LogP contribution in [0.4, 0.5) is 0 Å². The highest BCUT2D eigenvalue weighted by Crippen LogP contribution is 2.27. The number of carbonyl (C=O) groups excluding carboxylic acids is 1. The normalized spacial score (nSPS) is 12.3. The van der Waals surface area contributed by atoms with E-state index in [1.54, 1.807) is 10.8 Å². The highest BCUT2D eigenvalue weighted by atomic mass is 35.5. The van der Waals surface area contributed by atoms with Crippen molar-refractivity contribution in [3.05, 3.63) is 52.8 Å². The number of halogens is 1. The first kappa shape index (κ1) is 23.1. The van der Waals surface area contributed by atoms with E-state index in [-0.39, 0.29) is 5.75 Å². The minimum Gasteiger partial charge on any atom is -0.301 e. The van der Waals surface area contributed by atoms with Gasteiger partial charge in [-0.25, -0.2) is 13.1 Å². The maximum atomic E-state index is 12.3. The predicted octanol–water partition coefficient (Wildman–Crippen LogP) is 4.22. The van der Waals surface area contributed by atoms with Gasteiger partial charge in [0, 0.05) is 35.3 Å². The lowest BCUT2D eigenvalue weighted by Crippen LogP contribution is -2.31. The number of carbonyl (C=O) groups is 1. The van der Waals surface area contributed by atoms with Crippen molar-refractivity contribution in [3.63, 3.8) is 0 Å². The Labute approximate surface area is 187 Å². The Kier molecular flexibility index (Phi) is 6.91. The average Bonchev–Trinajstić information content (AvgIpc) is 3.18. The maximum absolute atomic E-state index is 12.3.